The molecular formula is C13H10Cl3N2O3S-. The zero-order chi connectivity index (χ0) is 16.1. The van der Waals surface area contributed by atoms with Crippen molar-refractivity contribution in [3.63, 3.8) is 0 Å². The largest absolute Gasteiger partial charge is 0.550 e. The van der Waals surface area contributed by atoms with Crippen LogP contribution in [0.15, 0.2) is 17.5 Å². The second-order valence-electron chi connectivity index (χ2n) is 4.17. The Balaban J connectivity index is 1.82. The molecule has 0 saturated heterocycles. The van der Waals surface area contributed by atoms with Crippen molar-refractivity contribution in [1.29, 1.82) is 0 Å². The minimum absolute atomic E-state index is 0.204. The summed E-state index contributed by atoms with van der Waals surface area (Å²) in [5, 5.41) is 16.8. The SMILES string of the molecule is O=C([O-])Cc1csc(NCCOc2c(Cl)cc(Cl)cc2Cl)n1. The third-order valence-electron chi connectivity index (χ3n) is 2.46. The normalized spacial score (nSPS) is 10.5. The minimum Gasteiger partial charge on any atom is -0.550 e. The molecule has 1 heterocycles. The van der Waals surface area contributed by atoms with Crippen molar-refractivity contribution in [2.75, 3.05) is 18.5 Å². The van der Waals surface area contributed by atoms with Gasteiger partial charge in [-0.15, -0.1) is 11.3 Å². The number of thiazole rings is 1. The third kappa shape index (κ3) is 4.91. The number of carboxylic acid groups (broad SMARTS) is 1. The molecule has 5 nitrogen and oxygen atoms in total. The quantitative estimate of drug-likeness (QED) is 0.748. The predicted molar refractivity (Wildman–Crippen MR) is 86.3 cm³/mol. The lowest BCUT2D eigenvalue weighted by molar-refractivity contribution is -0.304. The van der Waals surface area contributed by atoms with Crippen LogP contribution in [-0.2, 0) is 11.2 Å². The number of nitrogens with one attached hydrogen (secondary N) is 1. The number of rotatable bonds is 7. The summed E-state index contributed by atoms with van der Waals surface area (Å²) >= 11 is 19.1. The zero-order valence-electron chi connectivity index (χ0n) is 11.1. The van der Waals surface area contributed by atoms with E-state index in [-0.39, 0.29) is 6.42 Å². The first-order valence-electron chi connectivity index (χ1n) is 6.11. The Bertz CT molecular complexity index is 655. The molecule has 9 heteroatoms. The lowest BCUT2D eigenvalue weighted by atomic mass is 10.3. The van der Waals surface area contributed by atoms with E-state index in [1.165, 1.54) is 11.3 Å². The fourth-order valence-electron chi connectivity index (χ4n) is 1.60. The minimum atomic E-state index is -1.16. The number of halogens is 3. The number of benzene rings is 1. The van der Waals surface area contributed by atoms with E-state index >= 15 is 0 Å². The van der Waals surface area contributed by atoms with E-state index in [1.807, 2.05) is 0 Å². The van der Waals surface area contributed by atoms with Crippen molar-refractivity contribution < 1.29 is 14.6 Å². The molecule has 0 aliphatic rings. The molecule has 0 radical (unpaired) electrons. The molecule has 0 bridgehead atoms. The van der Waals surface area contributed by atoms with E-state index in [9.17, 15) is 9.90 Å². The van der Waals surface area contributed by atoms with E-state index in [1.54, 1.807) is 17.5 Å². The average Bonchev–Trinajstić information content (AvgIpc) is 2.83. The van der Waals surface area contributed by atoms with Crippen LogP contribution in [0.25, 0.3) is 0 Å². The van der Waals surface area contributed by atoms with Gasteiger partial charge in [0.05, 0.1) is 22.3 Å². The van der Waals surface area contributed by atoms with E-state index in [0.717, 1.165) is 0 Å². The number of anilines is 1. The van der Waals surface area contributed by atoms with Crippen LogP contribution >= 0.6 is 46.1 Å². The van der Waals surface area contributed by atoms with Crippen molar-refractivity contribution in [1.82, 2.24) is 4.98 Å². The molecule has 22 heavy (non-hydrogen) atoms. The average molecular weight is 381 g/mol. The van der Waals surface area contributed by atoms with Crippen molar-refractivity contribution >= 4 is 57.2 Å². The van der Waals surface area contributed by atoms with Gasteiger partial charge in [-0.05, 0) is 12.1 Å². The Hall–Kier alpha value is -1.21. The van der Waals surface area contributed by atoms with Crippen molar-refractivity contribution in [2.45, 2.75) is 6.42 Å². The van der Waals surface area contributed by atoms with Gasteiger partial charge in [0.25, 0.3) is 0 Å². The Morgan fingerprint density at radius 1 is 1.32 bits per heavy atom. The smallest absolute Gasteiger partial charge is 0.182 e. The predicted octanol–water partition coefficient (Wildman–Crippen LogP) is 2.89. The Morgan fingerprint density at radius 2 is 2.00 bits per heavy atom. The van der Waals surface area contributed by atoms with E-state index < -0.39 is 5.97 Å². The Labute approximate surface area is 145 Å². The van der Waals surface area contributed by atoms with Crippen molar-refractivity contribution in [3.8, 4) is 5.75 Å². The molecule has 0 fully saturated rings. The van der Waals surface area contributed by atoms with Crippen molar-refractivity contribution in [2.24, 2.45) is 0 Å². The monoisotopic (exact) mass is 379 g/mol. The van der Waals surface area contributed by atoms with Gasteiger partial charge in [-0.25, -0.2) is 4.98 Å². The highest BCUT2D eigenvalue weighted by atomic mass is 35.5. The van der Waals surface area contributed by atoms with Gasteiger partial charge in [-0.3, -0.25) is 0 Å². The number of nitrogens with zero attached hydrogens (tertiary/aromatic N) is 1. The summed E-state index contributed by atoms with van der Waals surface area (Å²) in [6.07, 6.45) is -0.204. The molecule has 1 aromatic carbocycles. The molecule has 1 aromatic heterocycles. The summed E-state index contributed by atoms with van der Waals surface area (Å²) < 4.78 is 5.50. The fourth-order valence-corrected chi connectivity index (χ4v) is 3.26. The number of aromatic nitrogens is 1. The lowest BCUT2D eigenvalue weighted by Gasteiger charge is -2.10. The van der Waals surface area contributed by atoms with Crippen LogP contribution in [0.4, 0.5) is 5.13 Å². The Kier molecular flexibility index (Phi) is 6.14. The topological polar surface area (TPSA) is 74.3 Å². The highest BCUT2D eigenvalue weighted by Gasteiger charge is 2.09. The van der Waals surface area contributed by atoms with Crippen LogP contribution in [-0.4, -0.2) is 24.1 Å². The van der Waals surface area contributed by atoms with Crippen molar-refractivity contribution in [3.05, 3.63) is 38.3 Å². The van der Waals surface area contributed by atoms with Gasteiger partial charge in [-0.2, -0.15) is 0 Å². The number of hydrogen-bond donors (Lipinski definition) is 1. The number of carbonyl (C=O) groups excluding carboxylic acids is 1. The van der Waals surface area contributed by atoms with Gasteiger partial charge in [0, 0.05) is 22.8 Å². The number of carboxylic acids is 1. The number of carbonyl (C=O) groups is 1. The van der Waals surface area contributed by atoms with Crippen LogP contribution in [0.1, 0.15) is 5.69 Å². The zero-order valence-corrected chi connectivity index (χ0v) is 14.2. The molecule has 0 saturated carbocycles. The molecule has 0 spiro atoms. The van der Waals surface area contributed by atoms with E-state index in [0.29, 0.717) is 44.8 Å². The van der Waals surface area contributed by atoms with Gasteiger partial charge in [0.15, 0.2) is 10.9 Å². The molecule has 0 atom stereocenters. The van der Waals surface area contributed by atoms with Gasteiger partial charge in [0.1, 0.15) is 6.61 Å². The maximum absolute atomic E-state index is 10.5. The summed E-state index contributed by atoms with van der Waals surface area (Å²) in [5.74, 6) is -0.793. The molecule has 1 N–H and O–H groups in total. The second-order valence-corrected chi connectivity index (χ2v) is 6.28. The maximum Gasteiger partial charge on any atom is 0.182 e. The van der Waals surface area contributed by atoms with E-state index in [4.69, 9.17) is 39.5 Å². The molecule has 0 aliphatic carbocycles. The molecule has 118 valence electrons. The van der Waals surface area contributed by atoms with Gasteiger partial charge >= 0.3 is 0 Å². The van der Waals surface area contributed by atoms with Crippen LogP contribution < -0.4 is 15.2 Å². The highest BCUT2D eigenvalue weighted by molar-refractivity contribution is 7.13. The van der Waals surface area contributed by atoms with E-state index in [2.05, 4.69) is 10.3 Å². The molecule has 0 unspecified atom stereocenters. The van der Waals surface area contributed by atoms with Crippen LogP contribution in [0.5, 0.6) is 5.75 Å². The highest BCUT2D eigenvalue weighted by Crippen LogP contribution is 2.35. The maximum atomic E-state index is 10.5. The fraction of sp³-hybridized carbons (Fsp3) is 0.231. The first-order chi connectivity index (χ1) is 10.5. The molecule has 0 amide bonds. The van der Waals surface area contributed by atoms with Gasteiger partial charge in [-0.1, -0.05) is 34.8 Å². The van der Waals surface area contributed by atoms with Gasteiger partial charge in [0.2, 0.25) is 0 Å². The molecule has 2 rings (SSSR count). The summed E-state index contributed by atoms with van der Waals surface area (Å²) in [4.78, 5) is 14.6. The number of aliphatic carboxylic acids is 1. The second kappa shape index (κ2) is 7.87. The van der Waals surface area contributed by atoms with Crippen LogP contribution in [0, 0.1) is 0 Å². The lowest BCUT2D eigenvalue weighted by Crippen LogP contribution is -2.24. The number of hydrogen-bond acceptors (Lipinski definition) is 6. The first kappa shape index (κ1) is 17.1. The summed E-state index contributed by atoms with van der Waals surface area (Å²) in [6.45, 7) is 0.754. The van der Waals surface area contributed by atoms with Crippen LogP contribution in [0.2, 0.25) is 15.1 Å². The number of ether oxygens (including phenoxy) is 1. The third-order valence-corrected chi connectivity index (χ3v) is 4.09. The molecular weight excluding hydrogens is 371 g/mol. The summed E-state index contributed by atoms with van der Waals surface area (Å²) in [5.41, 5.74) is 0.456. The summed E-state index contributed by atoms with van der Waals surface area (Å²) in [6, 6.07) is 3.09. The Morgan fingerprint density at radius 3 is 2.64 bits per heavy atom. The molecule has 2 aromatic rings. The summed E-state index contributed by atoms with van der Waals surface area (Å²) in [7, 11) is 0. The first-order valence-corrected chi connectivity index (χ1v) is 8.12. The molecule has 0 aliphatic heterocycles. The van der Waals surface area contributed by atoms with Crippen LogP contribution in [0.3, 0.4) is 0 Å². The van der Waals surface area contributed by atoms with Gasteiger partial charge < -0.3 is 20.0 Å². The standard InChI is InChI=1S/C13H11Cl3N2O3S/c14-7-3-9(15)12(10(16)4-7)21-2-1-17-13-18-8(6-22-13)5-11(19)20/h3-4,6H,1-2,5H2,(H,17,18)(H,19,20)/p-1.